The summed E-state index contributed by atoms with van der Waals surface area (Å²) >= 11 is 0. The molecule has 1 aliphatic rings. The molecule has 1 aromatic heterocycles. The van der Waals surface area contributed by atoms with Crippen molar-refractivity contribution in [1.29, 1.82) is 0 Å². The third kappa shape index (κ3) is 6.64. The van der Waals surface area contributed by atoms with Crippen LogP contribution in [0.25, 0.3) is 10.9 Å². The Labute approximate surface area is 215 Å². The number of hydrogen-bond donors (Lipinski definition) is 2. The van der Waals surface area contributed by atoms with Gasteiger partial charge in [0.25, 0.3) is 0 Å². The normalized spacial score (nSPS) is 17.3. The van der Waals surface area contributed by atoms with Gasteiger partial charge in [0, 0.05) is 35.3 Å². The number of benzene rings is 2. The van der Waals surface area contributed by atoms with E-state index in [2.05, 4.69) is 26.5 Å². The van der Waals surface area contributed by atoms with Gasteiger partial charge in [-0.2, -0.15) is 0 Å². The minimum atomic E-state index is -3.60. The van der Waals surface area contributed by atoms with E-state index in [1.165, 1.54) is 6.33 Å². The van der Waals surface area contributed by atoms with E-state index in [-0.39, 0.29) is 19.8 Å². The van der Waals surface area contributed by atoms with Crippen LogP contribution in [0.5, 0.6) is 5.75 Å². The highest BCUT2D eigenvalue weighted by Gasteiger charge is 2.38. The minimum absolute atomic E-state index is 0.154. The van der Waals surface area contributed by atoms with Gasteiger partial charge in [-0.1, -0.05) is 12.0 Å². The fourth-order valence-electron chi connectivity index (χ4n) is 3.99. The lowest BCUT2D eigenvalue weighted by Gasteiger charge is -2.32. The first kappa shape index (κ1) is 26.6. The lowest BCUT2D eigenvalue weighted by atomic mass is 10.1. The number of ether oxygens (including phenoxy) is 2. The molecule has 3 aromatic rings. The SMILES string of the molecule is C#Cc1cccc(N[C@]2(Oc3cc4ncncc4cc3NC(=O)CP(=O)(OCC)OCC)CCOC2)c1. The van der Waals surface area contributed by atoms with E-state index in [9.17, 15) is 9.36 Å². The summed E-state index contributed by atoms with van der Waals surface area (Å²) in [5, 5.41) is 6.90. The summed E-state index contributed by atoms with van der Waals surface area (Å²) in [6.07, 6.45) is 8.72. The highest BCUT2D eigenvalue weighted by Crippen LogP contribution is 2.48. The van der Waals surface area contributed by atoms with Crippen LogP contribution in [0.3, 0.4) is 0 Å². The van der Waals surface area contributed by atoms with Gasteiger partial charge >= 0.3 is 7.60 Å². The van der Waals surface area contributed by atoms with Crippen LogP contribution in [-0.4, -0.2) is 54.2 Å². The molecule has 0 bridgehead atoms. The number of hydrogen-bond acceptors (Lipinski definition) is 9. The molecular weight excluding hydrogens is 495 g/mol. The second-order valence-electron chi connectivity index (χ2n) is 8.33. The molecule has 1 amide bonds. The Bertz CT molecular complexity index is 1340. The minimum Gasteiger partial charge on any atom is -0.463 e. The Morgan fingerprint density at radius 2 is 2.05 bits per heavy atom. The molecule has 2 heterocycles. The van der Waals surface area contributed by atoms with Crippen molar-refractivity contribution in [1.82, 2.24) is 9.97 Å². The molecule has 0 radical (unpaired) electrons. The van der Waals surface area contributed by atoms with Gasteiger partial charge in [0.2, 0.25) is 11.6 Å². The van der Waals surface area contributed by atoms with Crippen molar-refractivity contribution in [3.63, 3.8) is 0 Å². The van der Waals surface area contributed by atoms with Crippen LogP contribution in [0.15, 0.2) is 48.9 Å². The Balaban J connectivity index is 1.65. The molecule has 37 heavy (non-hydrogen) atoms. The molecule has 2 aromatic carbocycles. The van der Waals surface area contributed by atoms with Gasteiger partial charge in [0.05, 0.1) is 31.0 Å². The number of carbonyl (C=O) groups is 1. The van der Waals surface area contributed by atoms with Crippen molar-refractivity contribution in [2.24, 2.45) is 0 Å². The first-order chi connectivity index (χ1) is 17.9. The van der Waals surface area contributed by atoms with Crippen LogP contribution in [-0.2, 0) is 23.1 Å². The van der Waals surface area contributed by atoms with Crippen molar-refractivity contribution >= 4 is 35.8 Å². The second-order valence-corrected chi connectivity index (χ2v) is 10.4. The summed E-state index contributed by atoms with van der Waals surface area (Å²) in [6.45, 7) is 4.42. The average Bonchev–Trinajstić information content (AvgIpc) is 3.32. The number of fused-ring (bicyclic) bond motifs is 1. The fraction of sp³-hybridized carbons (Fsp3) is 0.346. The lowest BCUT2D eigenvalue weighted by Crippen LogP contribution is -2.45. The maximum absolute atomic E-state index is 13.0. The highest BCUT2D eigenvalue weighted by molar-refractivity contribution is 7.54. The number of carbonyl (C=O) groups excluding carboxylic acids is 1. The van der Waals surface area contributed by atoms with Crippen LogP contribution < -0.4 is 15.4 Å². The summed E-state index contributed by atoms with van der Waals surface area (Å²) in [6, 6.07) is 10.9. The van der Waals surface area contributed by atoms with E-state index in [0.717, 1.165) is 11.3 Å². The van der Waals surface area contributed by atoms with Crippen LogP contribution in [0.4, 0.5) is 11.4 Å². The van der Waals surface area contributed by atoms with Crippen molar-refractivity contribution in [2.75, 3.05) is 43.2 Å². The van der Waals surface area contributed by atoms with Gasteiger partial charge in [-0.05, 0) is 38.1 Å². The van der Waals surface area contributed by atoms with Crippen molar-refractivity contribution in [3.8, 4) is 18.1 Å². The molecule has 2 N–H and O–H groups in total. The van der Waals surface area contributed by atoms with Gasteiger partial charge < -0.3 is 29.2 Å². The van der Waals surface area contributed by atoms with E-state index in [0.29, 0.717) is 35.4 Å². The number of amides is 1. The number of aromatic nitrogens is 2. The fourth-order valence-corrected chi connectivity index (χ4v) is 5.47. The maximum Gasteiger partial charge on any atom is 0.340 e. The summed E-state index contributed by atoms with van der Waals surface area (Å²) in [5.74, 6) is 2.44. The number of nitrogens with zero attached hydrogens (tertiary/aromatic N) is 2. The van der Waals surface area contributed by atoms with Gasteiger partial charge in [0.15, 0.2) is 0 Å². The average molecular weight is 525 g/mol. The predicted molar refractivity (Wildman–Crippen MR) is 141 cm³/mol. The highest BCUT2D eigenvalue weighted by atomic mass is 31.2. The first-order valence-electron chi connectivity index (χ1n) is 11.9. The maximum atomic E-state index is 13.0. The van der Waals surface area contributed by atoms with Gasteiger partial charge in [-0.25, -0.2) is 9.97 Å². The number of terminal acetylenes is 1. The molecule has 1 atom stereocenters. The van der Waals surface area contributed by atoms with Crippen LogP contribution in [0, 0.1) is 12.3 Å². The Hall–Kier alpha value is -3.48. The predicted octanol–water partition coefficient (Wildman–Crippen LogP) is 4.42. The molecular formula is C26H29N4O6P. The second kappa shape index (κ2) is 11.7. The van der Waals surface area contributed by atoms with Crippen LogP contribution >= 0.6 is 7.60 Å². The van der Waals surface area contributed by atoms with E-state index < -0.39 is 25.4 Å². The molecule has 1 fully saturated rings. The molecule has 0 spiro atoms. The van der Waals surface area contributed by atoms with E-state index in [1.54, 1.807) is 32.2 Å². The quantitative estimate of drug-likeness (QED) is 0.213. The Morgan fingerprint density at radius 1 is 1.24 bits per heavy atom. The zero-order chi connectivity index (χ0) is 26.3. The molecule has 1 aliphatic heterocycles. The number of nitrogens with one attached hydrogen (secondary N) is 2. The van der Waals surface area contributed by atoms with Crippen molar-refractivity contribution in [3.05, 3.63) is 54.5 Å². The summed E-state index contributed by atoms with van der Waals surface area (Å²) in [5.41, 5.74) is 1.55. The Morgan fingerprint density at radius 3 is 2.76 bits per heavy atom. The van der Waals surface area contributed by atoms with Crippen molar-refractivity contribution in [2.45, 2.75) is 26.0 Å². The summed E-state index contributed by atoms with van der Waals surface area (Å²) in [7, 11) is -3.60. The smallest absolute Gasteiger partial charge is 0.340 e. The molecule has 0 saturated carbocycles. The topological polar surface area (TPSA) is 121 Å². The molecule has 10 nitrogen and oxygen atoms in total. The molecule has 1 saturated heterocycles. The first-order valence-corrected chi connectivity index (χ1v) is 13.6. The number of anilines is 2. The largest absolute Gasteiger partial charge is 0.463 e. The molecule has 11 heteroatoms. The van der Waals surface area contributed by atoms with E-state index >= 15 is 0 Å². The summed E-state index contributed by atoms with van der Waals surface area (Å²) < 4.78 is 35.6. The van der Waals surface area contributed by atoms with Crippen LogP contribution in [0.2, 0.25) is 0 Å². The zero-order valence-electron chi connectivity index (χ0n) is 20.7. The summed E-state index contributed by atoms with van der Waals surface area (Å²) in [4.78, 5) is 21.3. The zero-order valence-corrected chi connectivity index (χ0v) is 21.6. The Kier molecular flexibility index (Phi) is 8.41. The third-order valence-corrected chi connectivity index (χ3v) is 7.54. The number of rotatable bonds is 11. The van der Waals surface area contributed by atoms with Crippen molar-refractivity contribution < 1.29 is 27.9 Å². The van der Waals surface area contributed by atoms with E-state index in [1.807, 2.05) is 24.3 Å². The lowest BCUT2D eigenvalue weighted by molar-refractivity contribution is -0.114. The van der Waals surface area contributed by atoms with Crippen LogP contribution in [0.1, 0.15) is 25.8 Å². The standard InChI is InChI=1S/C26H29N4O6P/c1-4-19-8-7-9-21(12-19)30-26(10-11-33-17-26)36-24-14-22-20(15-27-18-28-22)13-23(24)29-25(31)16-37(32,34-5-2)35-6-3/h1,7-9,12-15,18,30H,5-6,10-11,16-17H2,2-3H3,(H,29,31)/t26-/m0/s1. The molecule has 194 valence electrons. The monoisotopic (exact) mass is 524 g/mol. The van der Waals surface area contributed by atoms with Gasteiger partial charge in [0.1, 0.15) is 24.8 Å². The van der Waals surface area contributed by atoms with E-state index in [4.69, 9.17) is 24.9 Å². The molecule has 0 aliphatic carbocycles. The molecule has 0 unspecified atom stereocenters. The van der Waals surface area contributed by atoms with Gasteiger partial charge in [-0.15, -0.1) is 6.42 Å². The van der Waals surface area contributed by atoms with Gasteiger partial charge in [-0.3, -0.25) is 9.36 Å². The molecule has 4 rings (SSSR count). The third-order valence-electron chi connectivity index (χ3n) is 5.56.